The number of hydrogen-bond donors (Lipinski definition) is 1. The quantitative estimate of drug-likeness (QED) is 0.905. The minimum atomic E-state index is 0.0250. The predicted octanol–water partition coefficient (Wildman–Crippen LogP) is 3.11. The van der Waals surface area contributed by atoms with Crippen molar-refractivity contribution in [1.29, 1.82) is 5.26 Å². The lowest BCUT2D eigenvalue weighted by molar-refractivity contribution is -0.0119. The fourth-order valence-electron chi connectivity index (χ4n) is 5.09. The summed E-state index contributed by atoms with van der Waals surface area (Å²) in [6.45, 7) is 0. The molecular weight excluding hydrogens is 260 g/mol. The molecule has 0 aromatic heterocycles. The van der Waals surface area contributed by atoms with Crippen LogP contribution in [0.1, 0.15) is 48.0 Å². The highest BCUT2D eigenvalue weighted by Crippen LogP contribution is 2.53. The first-order valence-corrected chi connectivity index (χ1v) is 8.04. The zero-order chi connectivity index (χ0) is 14.4. The number of benzene rings is 1. The van der Waals surface area contributed by atoms with Crippen molar-refractivity contribution in [3.8, 4) is 6.07 Å². The van der Waals surface area contributed by atoms with Crippen LogP contribution in [0, 0.1) is 35.0 Å². The van der Waals surface area contributed by atoms with E-state index in [1.54, 1.807) is 24.3 Å². The zero-order valence-corrected chi connectivity index (χ0v) is 12.1. The van der Waals surface area contributed by atoms with E-state index in [4.69, 9.17) is 5.26 Å². The summed E-state index contributed by atoms with van der Waals surface area (Å²) < 4.78 is 0. The first kappa shape index (κ1) is 12.9. The van der Waals surface area contributed by atoms with E-state index < -0.39 is 0 Å². The van der Waals surface area contributed by atoms with Crippen LogP contribution in [-0.2, 0) is 0 Å². The van der Waals surface area contributed by atoms with Crippen molar-refractivity contribution in [2.75, 3.05) is 0 Å². The minimum Gasteiger partial charge on any atom is -0.349 e. The molecular formula is C18H20N2O. The zero-order valence-electron chi connectivity index (χ0n) is 12.1. The Morgan fingerprint density at radius 3 is 2.10 bits per heavy atom. The Bertz CT molecular complexity index is 571. The van der Waals surface area contributed by atoms with Crippen LogP contribution >= 0.6 is 0 Å². The van der Waals surface area contributed by atoms with E-state index in [1.165, 1.54) is 32.1 Å². The number of hydrogen-bond acceptors (Lipinski definition) is 2. The SMILES string of the molecule is N#Cc1ccc(C(=O)NC2C3CC4CC(C3)CC2C4)cc1. The smallest absolute Gasteiger partial charge is 0.251 e. The largest absolute Gasteiger partial charge is 0.349 e. The third-order valence-corrected chi connectivity index (χ3v) is 5.80. The first-order chi connectivity index (χ1) is 10.2. The molecule has 4 aliphatic carbocycles. The molecule has 1 aromatic rings. The molecule has 3 nitrogen and oxygen atoms in total. The number of carbonyl (C=O) groups is 1. The third kappa shape index (κ3) is 2.23. The number of nitriles is 1. The maximum absolute atomic E-state index is 12.4. The molecule has 0 spiro atoms. The van der Waals surface area contributed by atoms with E-state index in [-0.39, 0.29) is 5.91 Å². The van der Waals surface area contributed by atoms with Gasteiger partial charge in [0.1, 0.15) is 0 Å². The van der Waals surface area contributed by atoms with Gasteiger partial charge in [-0.1, -0.05) is 0 Å². The highest BCUT2D eigenvalue weighted by Gasteiger charge is 2.48. The van der Waals surface area contributed by atoms with Crippen LogP contribution in [0.4, 0.5) is 0 Å². The average molecular weight is 280 g/mol. The molecule has 0 atom stereocenters. The monoisotopic (exact) mass is 280 g/mol. The van der Waals surface area contributed by atoms with E-state index in [0.717, 1.165) is 11.8 Å². The lowest BCUT2D eigenvalue weighted by atomic mass is 9.54. The maximum Gasteiger partial charge on any atom is 0.251 e. The van der Waals surface area contributed by atoms with Crippen LogP contribution in [0.25, 0.3) is 0 Å². The molecule has 21 heavy (non-hydrogen) atoms. The van der Waals surface area contributed by atoms with E-state index in [1.807, 2.05) is 0 Å². The summed E-state index contributed by atoms with van der Waals surface area (Å²) in [6.07, 6.45) is 6.68. The Morgan fingerprint density at radius 1 is 1.00 bits per heavy atom. The summed E-state index contributed by atoms with van der Waals surface area (Å²) in [5, 5.41) is 12.1. The van der Waals surface area contributed by atoms with Crippen LogP contribution in [0.15, 0.2) is 24.3 Å². The van der Waals surface area contributed by atoms with Crippen molar-refractivity contribution in [2.24, 2.45) is 23.7 Å². The van der Waals surface area contributed by atoms with Gasteiger partial charge in [-0.2, -0.15) is 5.26 Å². The lowest BCUT2D eigenvalue weighted by Gasteiger charge is -2.54. The van der Waals surface area contributed by atoms with Gasteiger partial charge in [0.05, 0.1) is 11.6 Å². The van der Waals surface area contributed by atoms with E-state index in [2.05, 4.69) is 11.4 Å². The van der Waals surface area contributed by atoms with E-state index in [9.17, 15) is 4.79 Å². The van der Waals surface area contributed by atoms with Gasteiger partial charge < -0.3 is 5.32 Å². The van der Waals surface area contributed by atoms with Crippen LogP contribution in [0.2, 0.25) is 0 Å². The number of nitrogens with one attached hydrogen (secondary N) is 1. The van der Waals surface area contributed by atoms with Gasteiger partial charge in [0, 0.05) is 11.6 Å². The van der Waals surface area contributed by atoms with Crippen molar-refractivity contribution in [2.45, 2.75) is 38.1 Å². The number of nitrogens with zero attached hydrogens (tertiary/aromatic N) is 1. The van der Waals surface area contributed by atoms with Gasteiger partial charge >= 0.3 is 0 Å². The molecule has 4 saturated carbocycles. The van der Waals surface area contributed by atoms with Gasteiger partial charge in [-0.15, -0.1) is 0 Å². The Balaban J connectivity index is 1.48. The molecule has 0 radical (unpaired) electrons. The Kier molecular flexibility index (Phi) is 2.99. The molecule has 4 aliphatic rings. The van der Waals surface area contributed by atoms with Crippen molar-refractivity contribution >= 4 is 5.91 Å². The van der Waals surface area contributed by atoms with Crippen molar-refractivity contribution in [3.05, 3.63) is 35.4 Å². The molecule has 1 N–H and O–H groups in total. The average Bonchev–Trinajstić information content (AvgIpc) is 2.50. The molecule has 4 bridgehead atoms. The number of rotatable bonds is 2. The van der Waals surface area contributed by atoms with Gasteiger partial charge in [-0.05, 0) is 80.0 Å². The summed E-state index contributed by atoms with van der Waals surface area (Å²) in [7, 11) is 0. The van der Waals surface area contributed by atoms with Gasteiger partial charge in [-0.3, -0.25) is 4.79 Å². The van der Waals surface area contributed by atoms with E-state index >= 15 is 0 Å². The Morgan fingerprint density at radius 2 is 1.57 bits per heavy atom. The molecule has 0 heterocycles. The molecule has 1 aromatic carbocycles. The summed E-state index contributed by atoms with van der Waals surface area (Å²) in [6, 6.07) is 9.40. The topological polar surface area (TPSA) is 52.9 Å². The highest BCUT2D eigenvalue weighted by molar-refractivity contribution is 5.94. The Labute approximate surface area is 125 Å². The predicted molar refractivity (Wildman–Crippen MR) is 79.5 cm³/mol. The van der Waals surface area contributed by atoms with E-state index in [0.29, 0.717) is 29.0 Å². The Hall–Kier alpha value is -1.82. The van der Waals surface area contributed by atoms with Crippen LogP contribution in [0.3, 0.4) is 0 Å². The van der Waals surface area contributed by atoms with Gasteiger partial charge in [0.15, 0.2) is 0 Å². The second-order valence-electron chi connectivity index (χ2n) is 7.12. The van der Waals surface area contributed by atoms with Crippen molar-refractivity contribution < 1.29 is 4.79 Å². The molecule has 108 valence electrons. The molecule has 4 fully saturated rings. The second-order valence-corrected chi connectivity index (χ2v) is 7.12. The number of amides is 1. The molecule has 0 unspecified atom stereocenters. The summed E-state index contributed by atoms with van der Waals surface area (Å²) in [5.74, 6) is 3.27. The molecule has 5 rings (SSSR count). The first-order valence-electron chi connectivity index (χ1n) is 8.04. The lowest BCUT2D eigenvalue weighted by Crippen LogP contribution is -2.55. The van der Waals surface area contributed by atoms with Gasteiger partial charge in [-0.25, -0.2) is 0 Å². The summed E-state index contributed by atoms with van der Waals surface area (Å²) in [4.78, 5) is 12.4. The third-order valence-electron chi connectivity index (χ3n) is 5.80. The van der Waals surface area contributed by atoms with Crippen LogP contribution in [-0.4, -0.2) is 11.9 Å². The highest BCUT2D eigenvalue weighted by atomic mass is 16.1. The normalized spacial score (nSPS) is 36.2. The minimum absolute atomic E-state index is 0.0250. The molecule has 0 aliphatic heterocycles. The number of carbonyl (C=O) groups excluding carboxylic acids is 1. The van der Waals surface area contributed by atoms with Crippen LogP contribution < -0.4 is 5.32 Å². The van der Waals surface area contributed by atoms with Gasteiger partial charge in [0.2, 0.25) is 0 Å². The second kappa shape index (κ2) is 4.87. The van der Waals surface area contributed by atoms with Crippen LogP contribution in [0.5, 0.6) is 0 Å². The fourth-order valence-corrected chi connectivity index (χ4v) is 5.09. The standard InChI is InChI=1S/C18H20N2O/c19-10-11-1-3-14(4-2-11)18(21)20-17-15-6-12-5-13(8-15)9-16(17)7-12/h1-4,12-13,15-17H,5-9H2,(H,20,21). The summed E-state index contributed by atoms with van der Waals surface area (Å²) in [5.41, 5.74) is 1.27. The van der Waals surface area contributed by atoms with Crippen molar-refractivity contribution in [3.63, 3.8) is 0 Å². The van der Waals surface area contributed by atoms with Crippen molar-refractivity contribution in [1.82, 2.24) is 5.32 Å². The van der Waals surface area contributed by atoms with Gasteiger partial charge in [0.25, 0.3) is 5.91 Å². The fraction of sp³-hybridized carbons (Fsp3) is 0.556. The molecule has 3 heteroatoms. The summed E-state index contributed by atoms with van der Waals surface area (Å²) >= 11 is 0. The molecule has 0 saturated heterocycles. The molecule has 1 amide bonds. The maximum atomic E-state index is 12.4.